The Kier molecular flexibility index (Phi) is 6.83. The van der Waals surface area contributed by atoms with Crippen LogP contribution in [0.15, 0.2) is 73.3 Å². The van der Waals surface area contributed by atoms with E-state index in [2.05, 4.69) is 35.8 Å². The average molecular weight is 362 g/mol. The second-order valence-electron chi connectivity index (χ2n) is 6.53. The number of carbonyl (C=O) groups is 1. The molecule has 3 rings (SSSR count). The van der Waals surface area contributed by atoms with Crippen LogP contribution < -0.4 is 4.74 Å². The van der Waals surface area contributed by atoms with Crippen molar-refractivity contribution in [1.29, 1.82) is 0 Å². The molecule has 0 spiro atoms. The van der Waals surface area contributed by atoms with Gasteiger partial charge in [-0.1, -0.05) is 55.1 Å². The minimum absolute atomic E-state index is 0.0877. The SMILES string of the molecule is C=CCOc1ccc(C(=O)N2CCN(CC=Cc3ccccc3)CC2)cc1. The third-order valence-electron chi connectivity index (χ3n) is 4.60. The van der Waals surface area contributed by atoms with E-state index < -0.39 is 0 Å². The van der Waals surface area contributed by atoms with E-state index in [1.54, 1.807) is 6.08 Å². The van der Waals surface area contributed by atoms with Gasteiger partial charge in [0.2, 0.25) is 0 Å². The lowest BCUT2D eigenvalue weighted by Gasteiger charge is -2.34. The maximum Gasteiger partial charge on any atom is 0.253 e. The van der Waals surface area contributed by atoms with Crippen LogP contribution in [0.3, 0.4) is 0 Å². The normalized spacial score (nSPS) is 15.0. The van der Waals surface area contributed by atoms with Gasteiger partial charge in [-0.3, -0.25) is 9.69 Å². The molecule has 2 aromatic rings. The zero-order valence-corrected chi connectivity index (χ0v) is 15.6. The molecule has 1 aliphatic heterocycles. The Bertz CT molecular complexity index is 761. The van der Waals surface area contributed by atoms with Gasteiger partial charge in [0.25, 0.3) is 5.91 Å². The molecule has 0 bridgehead atoms. The number of rotatable bonds is 7. The molecule has 2 aromatic carbocycles. The van der Waals surface area contributed by atoms with Crippen LogP contribution in [0.5, 0.6) is 5.75 Å². The highest BCUT2D eigenvalue weighted by Crippen LogP contribution is 2.15. The molecule has 0 N–H and O–H groups in total. The minimum atomic E-state index is 0.0877. The molecular weight excluding hydrogens is 336 g/mol. The quantitative estimate of drug-likeness (QED) is 0.704. The summed E-state index contributed by atoms with van der Waals surface area (Å²) in [6.07, 6.45) is 6.04. The van der Waals surface area contributed by atoms with E-state index in [0.717, 1.165) is 38.5 Å². The number of nitrogens with zero attached hydrogens (tertiary/aromatic N) is 2. The number of ether oxygens (including phenoxy) is 1. The maximum absolute atomic E-state index is 12.7. The molecule has 140 valence electrons. The largest absolute Gasteiger partial charge is 0.490 e. The molecule has 1 amide bonds. The highest BCUT2D eigenvalue weighted by Gasteiger charge is 2.21. The minimum Gasteiger partial charge on any atom is -0.490 e. The predicted molar refractivity (Wildman–Crippen MR) is 110 cm³/mol. The number of amides is 1. The first-order chi connectivity index (χ1) is 13.3. The monoisotopic (exact) mass is 362 g/mol. The van der Waals surface area contributed by atoms with Crippen LogP contribution in [0.25, 0.3) is 6.08 Å². The lowest BCUT2D eigenvalue weighted by Crippen LogP contribution is -2.48. The van der Waals surface area contributed by atoms with E-state index >= 15 is 0 Å². The highest BCUT2D eigenvalue weighted by molar-refractivity contribution is 5.94. The molecule has 1 saturated heterocycles. The highest BCUT2D eigenvalue weighted by atomic mass is 16.5. The Labute approximate surface area is 161 Å². The van der Waals surface area contributed by atoms with Crippen LogP contribution in [-0.2, 0) is 0 Å². The zero-order chi connectivity index (χ0) is 18.9. The topological polar surface area (TPSA) is 32.8 Å². The van der Waals surface area contributed by atoms with Crippen LogP contribution >= 0.6 is 0 Å². The smallest absolute Gasteiger partial charge is 0.253 e. The van der Waals surface area contributed by atoms with E-state index in [1.165, 1.54) is 5.56 Å². The lowest BCUT2D eigenvalue weighted by molar-refractivity contribution is 0.0650. The molecule has 0 aliphatic carbocycles. The Morgan fingerprint density at radius 2 is 1.70 bits per heavy atom. The fourth-order valence-electron chi connectivity index (χ4n) is 3.07. The van der Waals surface area contributed by atoms with Crippen LogP contribution in [0.2, 0.25) is 0 Å². The maximum atomic E-state index is 12.7. The first kappa shape index (κ1) is 18.9. The van der Waals surface area contributed by atoms with Gasteiger partial charge in [-0.25, -0.2) is 0 Å². The Morgan fingerprint density at radius 1 is 1.00 bits per heavy atom. The Hall–Kier alpha value is -2.85. The van der Waals surface area contributed by atoms with E-state index in [9.17, 15) is 4.79 Å². The van der Waals surface area contributed by atoms with E-state index in [1.807, 2.05) is 47.4 Å². The number of carbonyl (C=O) groups excluding carboxylic acids is 1. The molecule has 27 heavy (non-hydrogen) atoms. The van der Waals surface area contributed by atoms with E-state index in [4.69, 9.17) is 4.74 Å². The molecule has 0 aromatic heterocycles. The number of piperazine rings is 1. The van der Waals surface area contributed by atoms with Crippen molar-refractivity contribution in [2.75, 3.05) is 39.3 Å². The number of hydrogen-bond donors (Lipinski definition) is 0. The second kappa shape index (κ2) is 9.74. The molecule has 0 unspecified atom stereocenters. The third kappa shape index (κ3) is 5.56. The molecule has 4 heteroatoms. The first-order valence-corrected chi connectivity index (χ1v) is 9.33. The van der Waals surface area contributed by atoms with Gasteiger partial charge in [-0.2, -0.15) is 0 Å². The van der Waals surface area contributed by atoms with Crippen molar-refractivity contribution in [3.8, 4) is 5.75 Å². The summed E-state index contributed by atoms with van der Waals surface area (Å²) in [7, 11) is 0. The number of hydrogen-bond acceptors (Lipinski definition) is 3. The summed E-state index contributed by atoms with van der Waals surface area (Å²) >= 11 is 0. The average Bonchev–Trinajstić information content (AvgIpc) is 2.73. The fraction of sp³-hybridized carbons (Fsp3) is 0.261. The molecule has 0 atom stereocenters. The summed E-state index contributed by atoms with van der Waals surface area (Å²) < 4.78 is 5.46. The molecule has 4 nitrogen and oxygen atoms in total. The van der Waals surface area contributed by atoms with Gasteiger partial charge in [-0.15, -0.1) is 0 Å². The molecule has 0 radical (unpaired) electrons. The van der Waals surface area contributed by atoms with E-state index in [-0.39, 0.29) is 5.91 Å². The summed E-state index contributed by atoms with van der Waals surface area (Å²) in [5, 5.41) is 0. The third-order valence-corrected chi connectivity index (χ3v) is 4.60. The van der Waals surface area contributed by atoms with Crippen molar-refractivity contribution < 1.29 is 9.53 Å². The van der Waals surface area contributed by atoms with Gasteiger partial charge in [0.15, 0.2) is 0 Å². The summed E-state index contributed by atoms with van der Waals surface area (Å²) in [5.74, 6) is 0.839. The summed E-state index contributed by atoms with van der Waals surface area (Å²) in [6.45, 7) is 8.31. The van der Waals surface area contributed by atoms with Crippen molar-refractivity contribution in [3.05, 3.63) is 84.5 Å². The van der Waals surface area contributed by atoms with Crippen molar-refractivity contribution >= 4 is 12.0 Å². The summed E-state index contributed by atoms with van der Waals surface area (Å²) in [5.41, 5.74) is 1.92. The molecule has 1 fully saturated rings. The van der Waals surface area contributed by atoms with Crippen LogP contribution in [0, 0.1) is 0 Å². The van der Waals surface area contributed by atoms with Gasteiger partial charge in [-0.05, 0) is 29.8 Å². The lowest BCUT2D eigenvalue weighted by atomic mass is 10.1. The van der Waals surface area contributed by atoms with Gasteiger partial charge in [0.05, 0.1) is 0 Å². The zero-order valence-electron chi connectivity index (χ0n) is 15.6. The summed E-state index contributed by atoms with van der Waals surface area (Å²) in [4.78, 5) is 17.0. The first-order valence-electron chi connectivity index (χ1n) is 9.33. The van der Waals surface area contributed by atoms with E-state index in [0.29, 0.717) is 12.2 Å². The van der Waals surface area contributed by atoms with Crippen molar-refractivity contribution in [2.45, 2.75) is 0 Å². The van der Waals surface area contributed by atoms with Crippen molar-refractivity contribution in [2.24, 2.45) is 0 Å². The van der Waals surface area contributed by atoms with Crippen LogP contribution in [0.4, 0.5) is 0 Å². The predicted octanol–water partition coefficient (Wildman–Crippen LogP) is 3.72. The second-order valence-corrected chi connectivity index (χ2v) is 6.53. The molecule has 1 heterocycles. The summed E-state index contributed by atoms with van der Waals surface area (Å²) in [6, 6.07) is 17.6. The van der Waals surface area contributed by atoms with Crippen molar-refractivity contribution in [1.82, 2.24) is 9.80 Å². The van der Waals surface area contributed by atoms with Gasteiger partial charge < -0.3 is 9.64 Å². The van der Waals surface area contributed by atoms with Crippen LogP contribution in [-0.4, -0.2) is 55.0 Å². The van der Waals surface area contributed by atoms with Crippen LogP contribution in [0.1, 0.15) is 15.9 Å². The molecule has 0 saturated carbocycles. The van der Waals surface area contributed by atoms with Crippen molar-refractivity contribution in [3.63, 3.8) is 0 Å². The van der Waals surface area contributed by atoms with Gasteiger partial charge in [0, 0.05) is 38.3 Å². The Balaban J connectivity index is 1.46. The molecule has 1 aliphatic rings. The fourth-order valence-corrected chi connectivity index (χ4v) is 3.07. The number of benzene rings is 2. The Morgan fingerprint density at radius 3 is 2.37 bits per heavy atom. The van der Waals surface area contributed by atoms with Gasteiger partial charge in [0.1, 0.15) is 12.4 Å². The standard InChI is InChI=1S/C23H26N2O2/c1-2-19-27-22-12-10-21(11-13-22)23(26)25-17-15-24(16-18-25)14-6-9-20-7-4-3-5-8-20/h2-13H,1,14-19H2. The molecular formula is C23H26N2O2. The van der Waals surface area contributed by atoms with Gasteiger partial charge >= 0.3 is 0 Å².